The molecule has 0 aromatic heterocycles. The molecule has 0 spiro atoms. The molecule has 1 aliphatic rings. The molecule has 1 atom stereocenters. The molecule has 3 rings (SSSR count). The number of benzene rings is 2. The summed E-state index contributed by atoms with van der Waals surface area (Å²) in [6.45, 7) is 0.459. The lowest BCUT2D eigenvalue weighted by atomic mass is 9.89. The van der Waals surface area contributed by atoms with Crippen LogP contribution in [-0.4, -0.2) is 31.0 Å². The van der Waals surface area contributed by atoms with Crippen molar-refractivity contribution in [2.75, 3.05) is 20.8 Å². The van der Waals surface area contributed by atoms with E-state index in [4.69, 9.17) is 14.2 Å². The molecule has 0 aliphatic carbocycles. The Morgan fingerprint density at radius 3 is 2.55 bits per heavy atom. The summed E-state index contributed by atoms with van der Waals surface area (Å²) in [4.78, 5) is 0. The zero-order valence-corrected chi connectivity index (χ0v) is 12.5. The molecule has 0 saturated carbocycles. The Labute approximate surface area is 128 Å². The smallest absolute Gasteiger partial charge is 0.164 e. The van der Waals surface area contributed by atoms with Crippen molar-refractivity contribution in [3.63, 3.8) is 0 Å². The Bertz CT molecular complexity index is 696. The molecule has 5 nitrogen and oxygen atoms in total. The van der Waals surface area contributed by atoms with Crippen molar-refractivity contribution in [3.8, 4) is 28.7 Å². The molecule has 1 heterocycles. The topological polar surface area (TPSA) is 68.2 Å². The first-order valence-corrected chi connectivity index (χ1v) is 7.02. The molecule has 1 aliphatic heterocycles. The summed E-state index contributed by atoms with van der Waals surface area (Å²) in [5.41, 5.74) is 1.70. The minimum absolute atomic E-state index is 0.0196. The van der Waals surface area contributed by atoms with E-state index in [0.29, 0.717) is 30.3 Å². The van der Waals surface area contributed by atoms with Crippen molar-refractivity contribution in [2.24, 2.45) is 0 Å². The van der Waals surface area contributed by atoms with Gasteiger partial charge in [-0.15, -0.1) is 0 Å². The quantitative estimate of drug-likeness (QED) is 0.912. The van der Waals surface area contributed by atoms with Crippen LogP contribution < -0.4 is 14.2 Å². The van der Waals surface area contributed by atoms with Gasteiger partial charge in [0.05, 0.1) is 20.8 Å². The minimum Gasteiger partial charge on any atom is -0.508 e. The molecular formula is C17H18O5. The zero-order valence-electron chi connectivity index (χ0n) is 12.5. The van der Waals surface area contributed by atoms with E-state index in [2.05, 4.69) is 0 Å². The van der Waals surface area contributed by atoms with Crippen LogP contribution in [0.4, 0.5) is 0 Å². The first kappa shape index (κ1) is 14.4. The highest BCUT2D eigenvalue weighted by atomic mass is 16.5. The number of fused-ring (bicyclic) bond motifs is 1. The first-order chi connectivity index (χ1) is 10.6. The second-order valence-electron chi connectivity index (χ2n) is 5.27. The largest absolute Gasteiger partial charge is 0.508 e. The van der Waals surface area contributed by atoms with Gasteiger partial charge in [0.25, 0.3) is 0 Å². The standard InChI is InChI=1S/C17H18O5/c1-20-12-3-4-13(14(18)7-12)11-5-10-6-15(19)17(21-2)8-16(10)22-9-11/h3-4,6-8,11,18-19H,5,9H2,1-2H3. The SMILES string of the molecule is COc1ccc(C2COc3cc(OC)c(O)cc3C2)c(O)c1. The van der Waals surface area contributed by atoms with Gasteiger partial charge < -0.3 is 24.4 Å². The second-order valence-corrected chi connectivity index (χ2v) is 5.27. The van der Waals surface area contributed by atoms with E-state index in [1.54, 1.807) is 25.3 Å². The average molecular weight is 302 g/mol. The Balaban J connectivity index is 1.89. The molecule has 22 heavy (non-hydrogen) atoms. The molecule has 0 saturated heterocycles. The summed E-state index contributed by atoms with van der Waals surface area (Å²) in [7, 11) is 3.06. The van der Waals surface area contributed by atoms with Gasteiger partial charge in [0.2, 0.25) is 0 Å². The molecule has 5 heteroatoms. The van der Waals surface area contributed by atoms with Gasteiger partial charge in [0.15, 0.2) is 11.5 Å². The van der Waals surface area contributed by atoms with Crippen LogP contribution in [0, 0.1) is 0 Å². The molecule has 1 unspecified atom stereocenters. The van der Waals surface area contributed by atoms with Gasteiger partial charge in [-0.3, -0.25) is 0 Å². The number of methoxy groups -OCH3 is 2. The van der Waals surface area contributed by atoms with Crippen LogP contribution >= 0.6 is 0 Å². The molecule has 2 N–H and O–H groups in total. The highest BCUT2D eigenvalue weighted by molar-refractivity contribution is 5.52. The number of hydrogen-bond donors (Lipinski definition) is 2. The third kappa shape index (κ3) is 2.50. The van der Waals surface area contributed by atoms with E-state index < -0.39 is 0 Å². The number of hydrogen-bond acceptors (Lipinski definition) is 5. The number of rotatable bonds is 3. The molecule has 2 aromatic carbocycles. The van der Waals surface area contributed by atoms with Gasteiger partial charge >= 0.3 is 0 Å². The summed E-state index contributed by atoms with van der Waals surface area (Å²) < 4.78 is 15.9. The predicted octanol–water partition coefficient (Wildman–Crippen LogP) is 2.83. The molecular weight excluding hydrogens is 284 g/mol. The van der Waals surface area contributed by atoms with E-state index in [1.807, 2.05) is 12.1 Å². The van der Waals surface area contributed by atoms with Crippen molar-refractivity contribution in [1.82, 2.24) is 0 Å². The van der Waals surface area contributed by atoms with E-state index in [1.165, 1.54) is 7.11 Å². The highest BCUT2D eigenvalue weighted by Crippen LogP contribution is 2.41. The van der Waals surface area contributed by atoms with E-state index in [0.717, 1.165) is 11.1 Å². The molecule has 0 bridgehead atoms. The van der Waals surface area contributed by atoms with Crippen molar-refractivity contribution in [2.45, 2.75) is 12.3 Å². The summed E-state index contributed by atoms with van der Waals surface area (Å²) in [6, 6.07) is 8.60. The fraction of sp³-hybridized carbons (Fsp3) is 0.294. The predicted molar refractivity (Wildman–Crippen MR) is 81.3 cm³/mol. The summed E-state index contributed by atoms with van der Waals surface area (Å²) in [5.74, 6) is 2.01. The molecule has 2 aromatic rings. The Hall–Kier alpha value is -2.56. The van der Waals surface area contributed by atoms with Crippen LogP contribution in [0.1, 0.15) is 17.0 Å². The van der Waals surface area contributed by atoms with Gasteiger partial charge in [-0.25, -0.2) is 0 Å². The number of phenolic OH excluding ortho intramolecular Hbond substituents is 2. The maximum atomic E-state index is 10.2. The van der Waals surface area contributed by atoms with Crippen molar-refractivity contribution < 1.29 is 24.4 Å². The monoisotopic (exact) mass is 302 g/mol. The van der Waals surface area contributed by atoms with E-state index in [9.17, 15) is 10.2 Å². The van der Waals surface area contributed by atoms with Gasteiger partial charge in [-0.1, -0.05) is 6.07 Å². The maximum absolute atomic E-state index is 10.2. The van der Waals surface area contributed by atoms with Crippen LogP contribution in [0.2, 0.25) is 0 Å². The molecule has 0 fully saturated rings. The highest BCUT2D eigenvalue weighted by Gasteiger charge is 2.25. The summed E-state index contributed by atoms with van der Waals surface area (Å²) >= 11 is 0. The van der Waals surface area contributed by atoms with Crippen LogP contribution in [-0.2, 0) is 6.42 Å². The fourth-order valence-electron chi connectivity index (χ4n) is 2.76. The van der Waals surface area contributed by atoms with Crippen molar-refractivity contribution in [3.05, 3.63) is 41.5 Å². The van der Waals surface area contributed by atoms with E-state index >= 15 is 0 Å². The summed E-state index contributed by atoms with van der Waals surface area (Å²) in [5, 5.41) is 20.1. The lowest BCUT2D eigenvalue weighted by Crippen LogP contribution is -2.19. The zero-order chi connectivity index (χ0) is 15.7. The number of ether oxygens (including phenoxy) is 3. The molecule has 0 amide bonds. The molecule has 0 radical (unpaired) electrons. The fourth-order valence-corrected chi connectivity index (χ4v) is 2.76. The average Bonchev–Trinajstić information content (AvgIpc) is 2.53. The summed E-state index contributed by atoms with van der Waals surface area (Å²) in [6.07, 6.45) is 0.673. The van der Waals surface area contributed by atoms with Crippen LogP contribution in [0.5, 0.6) is 28.7 Å². The van der Waals surface area contributed by atoms with Gasteiger partial charge in [-0.2, -0.15) is 0 Å². The Kier molecular flexibility index (Phi) is 3.71. The Morgan fingerprint density at radius 2 is 1.86 bits per heavy atom. The first-order valence-electron chi connectivity index (χ1n) is 7.02. The van der Waals surface area contributed by atoms with Crippen LogP contribution in [0.3, 0.4) is 0 Å². The lowest BCUT2D eigenvalue weighted by molar-refractivity contribution is 0.256. The van der Waals surface area contributed by atoms with Gasteiger partial charge in [-0.05, 0) is 24.1 Å². The van der Waals surface area contributed by atoms with Gasteiger partial charge in [0.1, 0.15) is 17.2 Å². The Morgan fingerprint density at radius 1 is 1.05 bits per heavy atom. The van der Waals surface area contributed by atoms with Crippen LogP contribution in [0.25, 0.3) is 0 Å². The minimum atomic E-state index is 0.0196. The van der Waals surface area contributed by atoms with Crippen LogP contribution in [0.15, 0.2) is 30.3 Å². The van der Waals surface area contributed by atoms with Crippen molar-refractivity contribution in [1.29, 1.82) is 0 Å². The lowest BCUT2D eigenvalue weighted by Gasteiger charge is -2.26. The number of phenols is 2. The molecule has 116 valence electrons. The number of aromatic hydroxyl groups is 2. The van der Waals surface area contributed by atoms with Gasteiger partial charge in [0, 0.05) is 23.6 Å². The van der Waals surface area contributed by atoms with E-state index in [-0.39, 0.29) is 17.4 Å². The van der Waals surface area contributed by atoms with Crippen molar-refractivity contribution >= 4 is 0 Å². The third-order valence-electron chi connectivity index (χ3n) is 3.95. The normalized spacial score (nSPS) is 16.5. The third-order valence-corrected chi connectivity index (χ3v) is 3.95. The maximum Gasteiger partial charge on any atom is 0.164 e. The second kappa shape index (κ2) is 5.67.